The molecule has 6 nitrogen and oxygen atoms in total. The number of aromatic amines is 1. The summed E-state index contributed by atoms with van der Waals surface area (Å²) in [7, 11) is 0. The van der Waals surface area contributed by atoms with Gasteiger partial charge in [-0.3, -0.25) is 4.79 Å². The number of imide groups is 1. The van der Waals surface area contributed by atoms with Crippen molar-refractivity contribution in [1.82, 2.24) is 15.3 Å². The number of amides is 3. The summed E-state index contributed by atoms with van der Waals surface area (Å²) in [5.74, 6) is 4.99. The zero-order valence-electron chi connectivity index (χ0n) is 10.4. The second kappa shape index (κ2) is 3.83. The largest absolute Gasteiger partial charge is 0.361 e. The van der Waals surface area contributed by atoms with Gasteiger partial charge < -0.3 is 10.3 Å². The molecular weight excluding hydrogens is 244 g/mol. The maximum atomic E-state index is 12.0. The average Bonchev–Trinajstić information content (AvgIpc) is 2.87. The molecule has 1 atom stereocenters. The molecule has 0 unspecified atom stereocenters. The lowest BCUT2D eigenvalue weighted by Crippen LogP contribution is -2.46. The topological polar surface area (TPSA) is 91.2 Å². The summed E-state index contributed by atoms with van der Waals surface area (Å²) in [6, 6.07) is 7.25. The number of benzene rings is 1. The Morgan fingerprint density at radius 3 is 2.74 bits per heavy atom. The number of H-pyrrole nitrogens is 1. The summed E-state index contributed by atoms with van der Waals surface area (Å²) in [6.45, 7) is 1.68. The van der Waals surface area contributed by atoms with Crippen LogP contribution in [0.5, 0.6) is 0 Å². The number of rotatable bonds is 2. The van der Waals surface area contributed by atoms with E-state index in [1.165, 1.54) is 0 Å². The standard InChI is InChI=1S/C13H14N4O2/c1-13(11(18)17(14)12(19)16-13)6-8-7-15-10-5-3-2-4-9(8)10/h2-5,7,15H,6,14H2,1H3,(H,16,19)/t13-/m0/s1. The van der Waals surface area contributed by atoms with Gasteiger partial charge in [0, 0.05) is 23.5 Å². The van der Waals surface area contributed by atoms with Crippen LogP contribution in [0.25, 0.3) is 10.9 Å². The fraction of sp³-hybridized carbons (Fsp3) is 0.231. The van der Waals surface area contributed by atoms with Gasteiger partial charge in [-0.25, -0.2) is 10.6 Å². The third-order valence-electron chi connectivity index (χ3n) is 3.51. The Kier molecular flexibility index (Phi) is 2.36. The SMILES string of the molecule is C[C@@]1(Cc2c[nH]c3ccccc23)NC(=O)N(N)C1=O. The number of nitrogens with two attached hydrogens (primary N) is 1. The molecule has 2 heterocycles. The molecule has 4 N–H and O–H groups in total. The Morgan fingerprint density at radius 2 is 2.05 bits per heavy atom. The number of nitrogens with one attached hydrogen (secondary N) is 2. The van der Waals surface area contributed by atoms with Crippen molar-refractivity contribution in [2.75, 3.05) is 0 Å². The summed E-state index contributed by atoms with van der Waals surface area (Å²) < 4.78 is 0. The number of hydrogen-bond donors (Lipinski definition) is 3. The molecule has 0 spiro atoms. The number of hydrazine groups is 1. The van der Waals surface area contributed by atoms with Crippen LogP contribution >= 0.6 is 0 Å². The number of para-hydroxylation sites is 1. The van der Waals surface area contributed by atoms with E-state index in [4.69, 9.17) is 5.84 Å². The van der Waals surface area contributed by atoms with Gasteiger partial charge in [0.15, 0.2) is 0 Å². The molecule has 1 saturated heterocycles. The molecular formula is C13H14N4O2. The van der Waals surface area contributed by atoms with Gasteiger partial charge in [0.05, 0.1) is 0 Å². The van der Waals surface area contributed by atoms with Crippen LogP contribution in [-0.2, 0) is 11.2 Å². The maximum absolute atomic E-state index is 12.0. The number of hydrogen-bond acceptors (Lipinski definition) is 3. The van der Waals surface area contributed by atoms with Crippen LogP contribution in [0.4, 0.5) is 4.79 Å². The van der Waals surface area contributed by atoms with E-state index in [2.05, 4.69) is 10.3 Å². The quantitative estimate of drug-likeness (QED) is 0.424. The Balaban J connectivity index is 1.97. The predicted molar refractivity (Wildman–Crippen MR) is 70.0 cm³/mol. The van der Waals surface area contributed by atoms with Gasteiger partial charge in [-0.1, -0.05) is 18.2 Å². The average molecular weight is 258 g/mol. The molecule has 1 aliphatic rings. The van der Waals surface area contributed by atoms with Crippen molar-refractivity contribution in [2.24, 2.45) is 5.84 Å². The lowest BCUT2D eigenvalue weighted by molar-refractivity contribution is -0.130. The van der Waals surface area contributed by atoms with E-state index < -0.39 is 17.5 Å². The van der Waals surface area contributed by atoms with Crippen LogP contribution in [0.3, 0.4) is 0 Å². The molecule has 0 bridgehead atoms. The molecule has 0 aliphatic carbocycles. The molecule has 0 saturated carbocycles. The van der Waals surface area contributed by atoms with E-state index >= 15 is 0 Å². The molecule has 1 aliphatic heterocycles. The van der Waals surface area contributed by atoms with E-state index in [9.17, 15) is 9.59 Å². The first kappa shape index (κ1) is 11.7. The number of carbonyl (C=O) groups is 2. The van der Waals surface area contributed by atoms with Gasteiger partial charge in [-0.15, -0.1) is 0 Å². The Hall–Kier alpha value is -2.34. The third-order valence-corrected chi connectivity index (χ3v) is 3.51. The highest BCUT2D eigenvalue weighted by molar-refractivity contribution is 6.06. The van der Waals surface area contributed by atoms with E-state index in [1.807, 2.05) is 30.5 Å². The minimum Gasteiger partial charge on any atom is -0.361 e. The lowest BCUT2D eigenvalue weighted by Gasteiger charge is -2.20. The molecule has 3 amide bonds. The highest BCUT2D eigenvalue weighted by atomic mass is 16.2. The number of fused-ring (bicyclic) bond motifs is 1. The Labute approximate surface area is 109 Å². The van der Waals surface area contributed by atoms with Crippen LogP contribution in [0.15, 0.2) is 30.5 Å². The fourth-order valence-corrected chi connectivity index (χ4v) is 2.49. The van der Waals surface area contributed by atoms with Gasteiger partial charge in [-0.2, -0.15) is 5.01 Å². The molecule has 0 radical (unpaired) electrons. The fourth-order valence-electron chi connectivity index (χ4n) is 2.49. The zero-order valence-corrected chi connectivity index (χ0v) is 10.4. The van der Waals surface area contributed by atoms with E-state index in [-0.39, 0.29) is 0 Å². The molecule has 6 heteroatoms. The minimum atomic E-state index is -0.989. The van der Waals surface area contributed by atoms with Crippen molar-refractivity contribution in [2.45, 2.75) is 18.9 Å². The molecule has 3 rings (SSSR count). The van der Waals surface area contributed by atoms with Crippen LogP contribution in [0.2, 0.25) is 0 Å². The predicted octanol–water partition coefficient (Wildman–Crippen LogP) is 0.895. The lowest BCUT2D eigenvalue weighted by atomic mass is 9.93. The number of aromatic nitrogens is 1. The van der Waals surface area contributed by atoms with Crippen LogP contribution in [0.1, 0.15) is 12.5 Å². The van der Waals surface area contributed by atoms with Crippen molar-refractivity contribution < 1.29 is 9.59 Å². The number of urea groups is 1. The first-order valence-electron chi connectivity index (χ1n) is 5.98. The molecule has 1 aromatic carbocycles. The highest BCUT2D eigenvalue weighted by Crippen LogP contribution is 2.25. The summed E-state index contributed by atoms with van der Waals surface area (Å²) in [5, 5.41) is 4.31. The molecule has 1 fully saturated rings. The minimum absolute atomic E-state index is 0.398. The summed E-state index contributed by atoms with van der Waals surface area (Å²) in [5.41, 5.74) is 0.987. The Bertz CT molecular complexity index is 678. The van der Waals surface area contributed by atoms with Gasteiger partial charge in [0.2, 0.25) is 0 Å². The van der Waals surface area contributed by atoms with Gasteiger partial charge in [0.1, 0.15) is 5.54 Å². The highest BCUT2D eigenvalue weighted by Gasteiger charge is 2.47. The first-order chi connectivity index (χ1) is 9.01. The molecule has 98 valence electrons. The maximum Gasteiger partial charge on any atom is 0.339 e. The van der Waals surface area contributed by atoms with Crippen molar-refractivity contribution in [1.29, 1.82) is 0 Å². The van der Waals surface area contributed by atoms with Crippen molar-refractivity contribution >= 4 is 22.8 Å². The van der Waals surface area contributed by atoms with Gasteiger partial charge >= 0.3 is 6.03 Å². The number of nitrogens with zero attached hydrogens (tertiary/aromatic N) is 1. The summed E-state index contributed by atoms with van der Waals surface area (Å²) in [4.78, 5) is 26.6. The van der Waals surface area contributed by atoms with Crippen LogP contribution in [-0.4, -0.2) is 27.5 Å². The second-order valence-electron chi connectivity index (χ2n) is 4.97. The van der Waals surface area contributed by atoms with Crippen LogP contribution in [0, 0.1) is 0 Å². The summed E-state index contributed by atoms with van der Waals surface area (Å²) >= 11 is 0. The monoisotopic (exact) mass is 258 g/mol. The second-order valence-corrected chi connectivity index (χ2v) is 4.97. The zero-order chi connectivity index (χ0) is 13.6. The van der Waals surface area contributed by atoms with Gasteiger partial charge in [-0.05, 0) is 18.6 Å². The van der Waals surface area contributed by atoms with Crippen molar-refractivity contribution in [3.63, 3.8) is 0 Å². The van der Waals surface area contributed by atoms with Crippen LogP contribution < -0.4 is 11.2 Å². The Morgan fingerprint density at radius 1 is 1.32 bits per heavy atom. The summed E-state index contributed by atoms with van der Waals surface area (Å²) in [6.07, 6.45) is 2.25. The molecule has 2 aromatic rings. The van der Waals surface area contributed by atoms with E-state index in [1.54, 1.807) is 6.92 Å². The van der Waals surface area contributed by atoms with Gasteiger partial charge in [0.25, 0.3) is 5.91 Å². The van der Waals surface area contributed by atoms with E-state index in [0.29, 0.717) is 11.4 Å². The van der Waals surface area contributed by atoms with Crippen molar-refractivity contribution in [3.05, 3.63) is 36.0 Å². The molecule has 19 heavy (non-hydrogen) atoms. The normalized spacial score (nSPS) is 23.2. The number of carbonyl (C=O) groups excluding carboxylic acids is 2. The molecule has 1 aromatic heterocycles. The smallest absolute Gasteiger partial charge is 0.339 e. The third kappa shape index (κ3) is 1.68. The van der Waals surface area contributed by atoms with Crippen molar-refractivity contribution in [3.8, 4) is 0 Å². The van der Waals surface area contributed by atoms with E-state index in [0.717, 1.165) is 16.5 Å². The first-order valence-corrected chi connectivity index (χ1v) is 5.98.